The molecule has 0 aromatic carbocycles. The number of furan rings is 1. The molecule has 1 aromatic heterocycles. The van der Waals surface area contributed by atoms with Gasteiger partial charge in [-0.2, -0.15) is 0 Å². The molecule has 0 saturated carbocycles. The van der Waals surface area contributed by atoms with Crippen LogP contribution in [-0.2, 0) is 6.54 Å². The van der Waals surface area contributed by atoms with E-state index in [0.717, 1.165) is 25.3 Å². The van der Waals surface area contributed by atoms with Crippen molar-refractivity contribution in [3.63, 3.8) is 0 Å². The van der Waals surface area contributed by atoms with Gasteiger partial charge in [0.15, 0.2) is 0 Å². The van der Waals surface area contributed by atoms with Crippen LogP contribution in [0.2, 0.25) is 0 Å². The Kier molecular flexibility index (Phi) is 5.03. The molecule has 1 aromatic rings. The highest BCUT2D eigenvalue weighted by atomic mass is 16.3. The first-order valence-electron chi connectivity index (χ1n) is 5.97. The highest BCUT2D eigenvalue weighted by Gasteiger charge is 2.10. The second-order valence-electron chi connectivity index (χ2n) is 4.96. The van der Waals surface area contributed by atoms with Crippen LogP contribution in [-0.4, -0.2) is 24.5 Å². The Labute approximate surface area is 98.6 Å². The van der Waals surface area contributed by atoms with Gasteiger partial charge in [0.2, 0.25) is 0 Å². The number of hydrogen-bond acceptors (Lipinski definition) is 3. The number of nitrogens with two attached hydrogens (primary N) is 1. The fourth-order valence-corrected chi connectivity index (χ4v) is 1.59. The smallest absolute Gasteiger partial charge is 0.120 e. The van der Waals surface area contributed by atoms with Crippen LogP contribution in [0.3, 0.4) is 0 Å². The first kappa shape index (κ1) is 13.3. The van der Waals surface area contributed by atoms with Crippen LogP contribution in [0.4, 0.5) is 0 Å². The molecule has 1 atom stereocenters. The fraction of sp³-hybridized carbons (Fsp3) is 0.692. The summed E-state index contributed by atoms with van der Waals surface area (Å²) < 4.78 is 5.42. The summed E-state index contributed by atoms with van der Waals surface area (Å²) in [5, 5.41) is 0. The summed E-state index contributed by atoms with van der Waals surface area (Å²) in [6.07, 6.45) is 2.78. The number of nitrogens with zero attached hydrogens (tertiary/aromatic N) is 1. The zero-order valence-corrected chi connectivity index (χ0v) is 10.9. The molecule has 0 saturated heterocycles. The van der Waals surface area contributed by atoms with Crippen molar-refractivity contribution in [1.82, 2.24) is 4.90 Å². The third-order valence-electron chi connectivity index (χ3n) is 3.08. The van der Waals surface area contributed by atoms with Gasteiger partial charge in [-0.05, 0) is 44.5 Å². The Morgan fingerprint density at radius 1 is 1.44 bits per heavy atom. The second kappa shape index (κ2) is 6.06. The molecule has 0 radical (unpaired) electrons. The molecule has 1 rings (SSSR count). The van der Waals surface area contributed by atoms with Crippen molar-refractivity contribution >= 4 is 0 Å². The van der Waals surface area contributed by atoms with E-state index in [0.29, 0.717) is 12.0 Å². The van der Waals surface area contributed by atoms with E-state index in [1.165, 1.54) is 5.56 Å². The van der Waals surface area contributed by atoms with Crippen molar-refractivity contribution < 1.29 is 4.42 Å². The molecule has 1 unspecified atom stereocenters. The Balaban J connectivity index is 2.31. The summed E-state index contributed by atoms with van der Waals surface area (Å²) in [5.74, 6) is 1.61. The molecular weight excluding hydrogens is 200 g/mol. The maximum absolute atomic E-state index is 6.02. The zero-order chi connectivity index (χ0) is 12.1. The van der Waals surface area contributed by atoms with E-state index in [1.807, 2.05) is 6.07 Å². The topological polar surface area (TPSA) is 42.4 Å². The molecule has 0 aliphatic carbocycles. The van der Waals surface area contributed by atoms with Gasteiger partial charge in [0.1, 0.15) is 5.76 Å². The van der Waals surface area contributed by atoms with Gasteiger partial charge in [-0.15, -0.1) is 0 Å². The molecule has 0 amide bonds. The number of hydrogen-bond donors (Lipinski definition) is 1. The predicted octanol–water partition coefficient (Wildman–Crippen LogP) is 2.39. The van der Waals surface area contributed by atoms with Gasteiger partial charge < -0.3 is 10.2 Å². The Morgan fingerprint density at radius 2 is 2.12 bits per heavy atom. The second-order valence-corrected chi connectivity index (χ2v) is 4.96. The van der Waals surface area contributed by atoms with E-state index < -0.39 is 0 Å². The van der Waals surface area contributed by atoms with E-state index in [2.05, 4.69) is 32.7 Å². The molecule has 0 fully saturated rings. The highest BCUT2D eigenvalue weighted by molar-refractivity contribution is 5.14. The summed E-state index contributed by atoms with van der Waals surface area (Å²) in [5.41, 5.74) is 7.24. The minimum atomic E-state index is 0.292. The van der Waals surface area contributed by atoms with Gasteiger partial charge in [-0.1, -0.05) is 13.8 Å². The quantitative estimate of drug-likeness (QED) is 0.806. The minimum absolute atomic E-state index is 0.292. The van der Waals surface area contributed by atoms with Crippen molar-refractivity contribution in [1.29, 1.82) is 0 Å². The molecule has 16 heavy (non-hydrogen) atoms. The summed E-state index contributed by atoms with van der Waals surface area (Å²) in [6.45, 7) is 8.29. The lowest BCUT2D eigenvalue weighted by Gasteiger charge is -2.20. The zero-order valence-electron chi connectivity index (χ0n) is 10.9. The van der Waals surface area contributed by atoms with Gasteiger partial charge in [0, 0.05) is 6.04 Å². The number of aryl methyl sites for hydroxylation is 1. The molecule has 2 N–H and O–H groups in total. The van der Waals surface area contributed by atoms with E-state index >= 15 is 0 Å². The average Bonchev–Trinajstić information content (AvgIpc) is 2.60. The Bertz CT molecular complexity index is 307. The van der Waals surface area contributed by atoms with Crippen LogP contribution < -0.4 is 5.73 Å². The predicted molar refractivity (Wildman–Crippen MR) is 67.2 cm³/mol. The molecule has 3 nitrogen and oxygen atoms in total. The fourth-order valence-electron chi connectivity index (χ4n) is 1.59. The highest BCUT2D eigenvalue weighted by Crippen LogP contribution is 2.12. The Hall–Kier alpha value is -0.800. The van der Waals surface area contributed by atoms with E-state index in [-0.39, 0.29) is 0 Å². The SMILES string of the molecule is Cc1ccoc1CN(C)CCC(N)C(C)C. The monoisotopic (exact) mass is 224 g/mol. The average molecular weight is 224 g/mol. The van der Waals surface area contributed by atoms with Gasteiger partial charge >= 0.3 is 0 Å². The summed E-state index contributed by atoms with van der Waals surface area (Å²) in [4.78, 5) is 2.26. The molecule has 0 aliphatic rings. The lowest BCUT2D eigenvalue weighted by molar-refractivity contribution is 0.272. The van der Waals surface area contributed by atoms with E-state index in [4.69, 9.17) is 10.2 Å². The van der Waals surface area contributed by atoms with E-state index in [9.17, 15) is 0 Å². The van der Waals surface area contributed by atoms with Crippen molar-refractivity contribution in [2.75, 3.05) is 13.6 Å². The van der Waals surface area contributed by atoms with Crippen LogP contribution in [0.15, 0.2) is 16.7 Å². The summed E-state index contributed by atoms with van der Waals surface area (Å²) in [7, 11) is 2.11. The first-order chi connectivity index (χ1) is 7.50. The van der Waals surface area contributed by atoms with Crippen molar-refractivity contribution in [3.05, 3.63) is 23.7 Å². The first-order valence-corrected chi connectivity index (χ1v) is 5.97. The van der Waals surface area contributed by atoms with Crippen LogP contribution in [0, 0.1) is 12.8 Å². The lowest BCUT2D eigenvalue weighted by Crippen LogP contribution is -2.31. The van der Waals surface area contributed by atoms with Crippen molar-refractivity contribution in [2.24, 2.45) is 11.7 Å². The molecule has 3 heteroatoms. The third kappa shape index (κ3) is 3.99. The van der Waals surface area contributed by atoms with Crippen LogP contribution in [0.5, 0.6) is 0 Å². The van der Waals surface area contributed by atoms with Gasteiger partial charge in [0.25, 0.3) is 0 Å². The molecule has 1 heterocycles. The van der Waals surface area contributed by atoms with Crippen LogP contribution in [0.25, 0.3) is 0 Å². The summed E-state index contributed by atoms with van der Waals surface area (Å²) in [6, 6.07) is 2.29. The molecule has 0 aliphatic heterocycles. The maximum Gasteiger partial charge on any atom is 0.120 e. The normalized spacial score (nSPS) is 13.7. The Morgan fingerprint density at radius 3 is 2.62 bits per heavy atom. The van der Waals surface area contributed by atoms with Crippen LogP contribution >= 0.6 is 0 Å². The summed E-state index contributed by atoms with van der Waals surface area (Å²) >= 11 is 0. The van der Waals surface area contributed by atoms with Gasteiger partial charge in [-0.3, -0.25) is 4.90 Å². The number of rotatable bonds is 6. The molecule has 92 valence electrons. The van der Waals surface area contributed by atoms with Crippen molar-refractivity contribution in [3.8, 4) is 0 Å². The van der Waals surface area contributed by atoms with Crippen molar-refractivity contribution in [2.45, 2.75) is 39.8 Å². The standard InChI is InChI=1S/C13H24N2O/c1-10(2)12(14)5-7-15(4)9-13-11(3)6-8-16-13/h6,8,10,12H,5,7,9,14H2,1-4H3. The van der Waals surface area contributed by atoms with Gasteiger partial charge in [-0.25, -0.2) is 0 Å². The lowest BCUT2D eigenvalue weighted by atomic mass is 10.0. The molecule has 0 spiro atoms. The van der Waals surface area contributed by atoms with Gasteiger partial charge in [0.05, 0.1) is 12.8 Å². The largest absolute Gasteiger partial charge is 0.468 e. The maximum atomic E-state index is 6.02. The van der Waals surface area contributed by atoms with Crippen LogP contribution in [0.1, 0.15) is 31.6 Å². The third-order valence-corrected chi connectivity index (χ3v) is 3.08. The minimum Gasteiger partial charge on any atom is -0.468 e. The van der Waals surface area contributed by atoms with E-state index in [1.54, 1.807) is 6.26 Å². The molecule has 0 bridgehead atoms. The molecular formula is C13H24N2O.